The van der Waals surface area contributed by atoms with Crippen LogP contribution < -0.4 is 10.3 Å². The molecule has 0 amide bonds. The van der Waals surface area contributed by atoms with Crippen molar-refractivity contribution in [1.29, 1.82) is 0 Å². The Morgan fingerprint density at radius 3 is 2.65 bits per heavy atom. The summed E-state index contributed by atoms with van der Waals surface area (Å²) < 4.78 is 5.36. The van der Waals surface area contributed by atoms with E-state index in [1.165, 1.54) is 18.2 Å². The molecule has 0 atom stereocenters. The number of carboxylic acid groups (broad SMARTS) is 1. The first kappa shape index (κ1) is 16.1. The number of H-pyrrole nitrogens is 1. The molecule has 9 heteroatoms. The number of carbonyl (C=O) groups is 1. The van der Waals surface area contributed by atoms with Crippen LogP contribution in [0.4, 0.5) is 5.69 Å². The van der Waals surface area contributed by atoms with Crippen molar-refractivity contribution < 1.29 is 19.6 Å². The van der Waals surface area contributed by atoms with E-state index in [2.05, 4.69) is 10.2 Å². The molecule has 0 saturated heterocycles. The number of rotatable bonds is 5. The molecule has 0 spiro atoms. The minimum Gasteiger partial charge on any atom is -0.484 e. The highest BCUT2D eigenvalue weighted by Gasteiger charge is 2.19. The standard InChI is InChI=1S/C14H13N3O6/c1-7(2)23-12-4-3-8(5-11(12)17(21)22)10-6-9(14(19)20)13(18)16-15-10/h3-7H,1-2H3,(H,16,18)(H,19,20). The predicted molar refractivity (Wildman–Crippen MR) is 79.7 cm³/mol. The molecule has 0 bridgehead atoms. The van der Waals surface area contributed by atoms with Crippen molar-refractivity contribution in [2.24, 2.45) is 0 Å². The van der Waals surface area contributed by atoms with Crippen LogP contribution >= 0.6 is 0 Å². The minimum absolute atomic E-state index is 0.0941. The number of carboxylic acids is 1. The second kappa shape index (κ2) is 6.26. The van der Waals surface area contributed by atoms with Crippen molar-refractivity contribution in [2.75, 3.05) is 0 Å². The van der Waals surface area contributed by atoms with Crippen LogP contribution in [-0.4, -0.2) is 32.3 Å². The van der Waals surface area contributed by atoms with Gasteiger partial charge in [-0.2, -0.15) is 5.10 Å². The highest BCUT2D eigenvalue weighted by Crippen LogP contribution is 2.32. The van der Waals surface area contributed by atoms with Crippen molar-refractivity contribution in [3.8, 4) is 17.0 Å². The third kappa shape index (κ3) is 3.51. The Bertz CT molecular complexity index is 828. The summed E-state index contributed by atoms with van der Waals surface area (Å²) in [6.45, 7) is 3.47. The molecular weight excluding hydrogens is 306 g/mol. The summed E-state index contributed by atoms with van der Waals surface area (Å²) >= 11 is 0. The van der Waals surface area contributed by atoms with Crippen LogP contribution in [0.3, 0.4) is 0 Å². The summed E-state index contributed by atoms with van der Waals surface area (Å²) in [5, 5.41) is 25.9. The molecule has 0 saturated carbocycles. The van der Waals surface area contributed by atoms with Gasteiger partial charge in [0.25, 0.3) is 5.56 Å². The van der Waals surface area contributed by atoms with Crippen molar-refractivity contribution in [3.05, 3.63) is 50.3 Å². The fourth-order valence-electron chi connectivity index (χ4n) is 1.89. The number of aromatic amines is 1. The number of hydrogen-bond donors (Lipinski definition) is 2. The van der Waals surface area contributed by atoms with Crippen molar-refractivity contribution in [1.82, 2.24) is 10.2 Å². The van der Waals surface area contributed by atoms with Gasteiger partial charge in [0, 0.05) is 11.6 Å². The molecule has 0 aliphatic carbocycles. The van der Waals surface area contributed by atoms with E-state index in [1.54, 1.807) is 13.8 Å². The molecule has 2 N–H and O–H groups in total. The molecule has 0 fully saturated rings. The lowest BCUT2D eigenvalue weighted by molar-refractivity contribution is -0.386. The monoisotopic (exact) mass is 319 g/mol. The Balaban J connectivity index is 2.55. The van der Waals surface area contributed by atoms with E-state index in [9.17, 15) is 19.7 Å². The molecular formula is C14H13N3O6. The first-order valence-electron chi connectivity index (χ1n) is 6.58. The van der Waals surface area contributed by atoms with Crippen LogP contribution in [0, 0.1) is 10.1 Å². The van der Waals surface area contributed by atoms with Gasteiger partial charge in [-0.15, -0.1) is 0 Å². The SMILES string of the molecule is CC(C)Oc1ccc(-c2cc(C(=O)O)c(=O)[nH]n2)cc1[N+](=O)[O-]. The highest BCUT2D eigenvalue weighted by atomic mass is 16.6. The zero-order chi connectivity index (χ0) is 17.1. The van der Waals surface area contributed by atoms with Gasteiger partial charge in [0.15, 0.2) is 5.75 Å². The quantitative estimate of drug-likeness (QED) is 0.633. The first-order chi connectivity index (χ1) is 10.8. The van der Waals surface area contributed by atoms with Crippen molar-refractivity contribution in [3.63, 3.8) is 0 Å². The number of nitro groups is 1. The Labute approximate surface area is 129 Å². The van der Waals surface area contributed by atoms with Gasteiger partial charge in [-0.3, -0.25) is 14.9 Å². The second-order valence-corrected chi connectivity index (χ2v) is 4.91. The van der Waals surface area contributed by atoms with E-state index in [0.29, 0.717) is 0 Å². The lowest BCUT2D eigenvalue weighted by Gasteiger charge is -2.10. The average molecular weight is 319 g/mol. The lowest BCUT2D eigenvalue weighted by atomic mass is 10.1. The number of aromatic carboxylic acids is 1. The maximum Gasteiger partial charge on any atom is 0.341 e. The molecule has 9 nitrogen and oxygen atoms in total. The Kier molecular flexibility index (Phi) is 4.39. The second-order valence-electron chi connectivity index (χ2n) is 4.91. The average Bonchev–Trinajstić information content (AvgIpc) is 2.47. The number of nitro benzene ring substituents is 1. The van der Waals surface area contributed by atoms with Gasteiger partial charge in [-0.25, -0.2) is 9.89 Å². The van der Waals surface area contributed by atoms with Gasteiger partial charge >= 0.3 is 11.7 Å². The summed E-state index contributed by atoms with van der Waals surface area (Å²) in [5.41, 5.74) is -1.25. The molecule has 120 valence electrons. The summed E-state index contributed by atoms with van der Waals surface area (Å²) in [6.07, 6.45) is -0.246. The van der Waals surface area contributed by atoms with Gasteiger partial charge in [0.05, 0.1) is 16.7 Å². The number of nitrogens with zero attached hydrogens (tertiary/aromatic N) is 2. The van der Waals surface area contributed by atoms with Crippen LogP contribution in [0.5, 0.6) is 5.75 Å². The highest BCUT2D eigenvalue weighted by molar-refractivity contribution is 5.88. The third-order valence-corrected chi connectivity index (χ3v) is 2.85. The maximum absolute atomic E-state index is 11.4. The van der Waals surface area contributed by atoms with Gasteiger partial charge in [0.2, 0.25) is 0 Å². The van der Waals surface area contributed by atoms with Crippen LogP contribution in [-0.2, 0) is 0 Å². The van der Waals surface area contributed by atoms with Crippen LogP contribution in [0.15, 0.2) is 29.1 Å². The zero-order valence-electron chi connectivity index (χ0n) is 12.3. The molecule has 0 aliphatic heterocycles. The fraction of sp³-hybridized carbons (Fsp3) is 0.214. The van der Waals surface area contributed by atoms with Gasteiger partial charge in [-0.05, 0) is 32.0 Å². The molecule has 2 aromatic rings. The van der Waals surface area contributed by atoms with Crippen molar-refractivity contribution >= 4 is 11.7 Å². The Hall–Kier alpha value is -3.23. The molecule has 1 aromatic heterocycles. The van der Waals surface area contributed by atoms with Crippen LogP contribution in [0.25, 0.3) is 11.3 Å². The summed E-state index contributed by atoms with van der Waals surface area (Å²) in [7, 11) is 0. The van der Waals surface area contributed by atoms with Crippen molar-refractivity contribution in [2.45, 2.75) is 20.0 Å². The normalized spacial score (nSPS) is 10.6. The molecule has 0 unspecified atom stereocenters. The van der Waals surface area contributed by atoms with E-state index in [4.69, 9.17) is 9.84 Å². The number of nitrogens with one attached hydrogen (secondary N) is 1. The number of ether oxygens (including phenoxy) is 1. The molecule has 0 aliphatic rings. The number of hydrogen-bond acceptors (Lipinski definition) is 6. The maximum atomic E-state index is 11.4. The van der Waals surface area contributed by atoms with Crippen LogP contribution in [0.1, 0.15) is 24.2 Å². The molecule has 23 heavy (non-hydrogen) atoms. The largest absolute Gasteiger partial charge is 0.484 e. The number of benzene rings is 1. The van der Waals surface area contributed by atoms with Gasteiger partial charge < -0.3 is 9.84 Å². The Morgan fingerprint density at radius 2 is 2.09 bits per heavy atom. The summed E-state index contributed by atoms with van der Waals surface area (Å²) in [5.74, 6) is -1.32. The molecule has 1 aromatic carbocycles. The third-order valence-electron chi connectivity index (χ3n) is 2.85. The Morgan fingerprint density at radius 1 is 1.39 bits per heavy atom. The van der Waals surface area contributed by atoms with Gasteiger partial charge in [0.1, 0.15) is 5.56 Å². The molecule has 2 rings (SSSR count). The van der Waals surface area contributed by atoms with Gasteiger partial charge in [-0.1, -0.05) is 0 Å². The minimum atomic E-state index is -1.41. The topological polar surface area (TPSA) is 135 Å². The summed E-state index contributed by atoms with van der Waals surface area (Å²) in [6, 6.07) is 5.17. The van der Waals surface area contributed by atoms with E-state index in [-0.39, 0.29) is 28.8 Å². The predicted octanol–water partition coefficient (Wildman–Crippen LogP) is 1.83. The number of aromatic nitrogens is 2. The van der Waals surface area contributed by atoms with E-state index >= 15 is 0 Å². The lowest BCUT2D eigenvalue weighted by Crippen LogP contribution is -2.18. The fourth-order valence-corrected chi connectivity index (χ4v) is 1.89. The molecule has 1 heterocycles. The summed E-state index contributed by atoms with van der Waals surface area (Å²) in [4.78, 5) is 32.9. The smallest absolute Gasteiger partial charge is 0.341 e. The first-order valence-corrected chi connectivity index (χ1v) is 6.58. The zero-order valence-corrected chi connectivity index (χ0v) is 12.3. The molecule has 0 radical (unpaired) electrons. The van der Waals surface area contributed by atoms with Crippen LogP contribution in [0.2, 0.25) is 0 Å². The van der Waals surface area contributed by atoms with E-state index in [0.717, 1.165) is 6.07 Å². The van der Waals surface area contributed by atoms with E-state index < -0.39 is 22.0 Å². The van der Waals surface area contributed by atoms with E-state index in [1.807, 2.05) is 0 Å².